The molecule has 9 heteroatoms. The zero-order valence-electron chi connectivity index (χ0n) is 18.4. The molecule has 3 heterocycles. The number of pyridine rings is 1. The third-order valence-electron chi connectivity index (χ3n) is 6.00. The first-order valence-corrected chi connectivity index (χ1v) is 12.8. The number of nitrogens with zero attached hydrogens (tertiary/aromatic N) is 4. The minimum absolute atomic E-state index is 0.196. The number of hydrogen-bond donors (Lipinski definition) is 1. The van der Waals surface area contributed by atoms with E-state index in [9.17, 15) is 13.2 Å². The lowest BCUT2D eigenvalue weighted by molar-refractivity contribution is 0.316. The van der Waals surface area contributed by atoms with E-state index < -0.39 is 10.0 Å². The molecule has 0 saturated carbocycles. The Morgan fingerprint density at radius 3 is 2.55 bits per heavy atom. The Hall–Kier alpha value is -3.30. The molecular formula is C24H25N5O3S. The van der Waals surface area contributed by atoms with Gasteiger partial charge in [-0.1, -0.05) is 12.1 Å². The van der Waals surface area contributed by atoms with Gasteiger partial charge < -0.3 is 4.90 Å². The highest BCUT2D eigenvalue weighted by atomic mass is 32.2. The highest BCUT2D eigenvalue weighted by Crippen LogP contribution is 2.23. The number of likely N-dealkylation sites (tertiary alicyclic amines) is 1. The van der Waals surface area contributed by atoms with Crippen LogP contribution < -0.4 is 10.2 Å². The molecule has 0 radical (unpaired) electrons. The molecule has 2 aromatic heterocycles. The van der Waals surface area contributed by atoms with Crippen LogP contribution in [0.1, 0.15) is 12.8 Å². The summed E-state index contributed by atoms with van der Waals surface area (Å²) >= 11 is 0. The lowest BCUT2D eigenvalue weighted by Crippen LogP contribution is -2.24. The molecule has 0 spiro atoms. The smallest absolute Gasteiger partial charge is 0.229 e. The van der Waals surface area contributed by atoms with E-state index in [-0.39, 0.29) is 5.43 Å². The highest BCUT2D eigenvalue weighted by Gasteiger charge is 2.12. The topological polar surface area (TPSA) is 97.2 Å². The van der Waals surface area contributed by atoms with Gasteiger partial charge in [0.2, 0.25) is 10.0 Å². The highest BCUT2D eigenvalue weighted by molar-refractivity contribution is 7.92. The number of fused-ring (bicyclic) bond motifs is 2. The van der Waals surface area contributed by atoms with Crippen LogP contribution in [-0.2, 0) is 16.6 Å². The van der Waals surface area contributed by atoms with Crippen molar-refractivity contribution in [3.05, 3.63) is 65.2 Å². The minimum atomic E-state index is -3.45. The minimum Gasteiger partial charge on any atom is -0.301 e. The average molecular weight is 464 g/mol. The Bertz CT molecular complexity index is 1510. The number of sulfonamides is 1. The van der Waals surface area contributed by atoms with E-state index in [1.807, 2.05) is 29.1 Å². The molecule has 0 amide bonds. The largest absolute Gasteiger partial charge is 0.301 e. The molecule has 4 aromatic rings. The fourth-order valence-electron chi connectivity index (χ4n) is 4.32. The van der Waals surface area contributed by atoms with E-state index in [0.29, 0.717) is 27.4 Å². The van der Waals surface area contributed by atoms with E-state index in [1.165, 1.54) is 12.8 Å². The molecule has 1 saturated heterocycles. The molecule has 0 aliphatic carbocycles. The van der Waals surface area contributed by atoms with Crippen molar-refractivity contribution in [2.75, 3.05) is 30.6 Å². The Balaban J connectivity index is 1.51. The first-order chi connectivity index (χ1) is 15.9. The third kappa shape index (κ3) is 4.74. The van der Waals surface area contributed by atoms with E-state index in [4.69, 9.17) is 0 Å². The summed E-state index contributed by atoms with van der Waals surface area (Å²) in [5.41, 5.74) is 2.46. The number of aromatic nitrogens is 3. The van der Waals surface area contributed by atoms with E-state index >= 15 is 0 Å². The van der Waals surface area contributed by atoms with Crippen molar-refractivity contribution >= 4 is 37.4 Å². The summed E-state index contributed by atoms with van der Waals surface area (Å²) in [6.45, 7) is 4.11. The molecule has 170 valence electrons. The lowest BCUT2D eigenvalue weighted by Gasteiger charge is -2.13. The normalized spacial score (nSPS) is 14.8. The van der Waals surface area contributed by atoms with Gasteiger partial charge in [0.15, 0.2) is 5.43 Å². The van der Waals surface area contributed by atoms with Gasteiger partial charge in [0.1, 0.15) is 0 Å². The molecule has 2 aromatic carbocycles. The van der Waals surface area contributed by atoms with Gasteiger partial charge in [0, 0.05) is 46.5 Å². The molecule has 5 rings (SSSR count). The zero-order valence-corrected chi connectivity index (χ0v) is 19.2. The van der Waals surface area contributed by atoms with E-state index in [2.05, 4.69) is 19.7 Å². The third-order valence-corrected chi connectivity index (χ3v) is 6.60. The fourth-order valence-corrected chi connectivity index (χ4v) is 4.88. The molecule has 0 unspecified atom stereocenters. The molecule has 1 N–H and O–H groups in total. The number of nitrogens with one attached hydrogen (secondary N) is 1. The summed E-state index contributed by atoms with van der Waals surface area (Å²) in [6, 6.07) is 10.4. The monoisotopic (exact) mass is 463 g/mol. The van der Waals surface area contributed by atoms with Gasteiger partial charge >= 0.3 is 0 Å². The summed E-state index contributed by atoms with van der Waals surface area (Å²) in [4.78, 5) is 20.4. The molecular weight excluding hydrogens is 438 g/mol. The van der Waals surface area contributed by atoms with Crippen LogP contribution in [0.25, 0.3) is 32.8 Å². The van der Waals surface area contributed by atoms with Gasteiger partial charge in [-0.05, 0) is 55.6 Å². The van der Waals surface area contributed by atoms with Crippen LogP contribution in [0.5, 0.6) is 0 Å². The van der Waals surface area contributed by atoms with E-state index in [0.717, 1.165) is 43.6 Å². The Morgan fingerprint density at radius 2 is 1.76 bits per heavy atom. The maximum Gasteiger partial charge on any atom is 0.229 e. The fraction of sp³-hybridized carbons (Fsp3) is 0.292. The van der Waals surface area contributed by atoms with Gasteiger partial charge in [-0.15, -0.1) is 0 Å². The molecule has 1 fully saturated rings. The van der Waals surface area contributed by atoms with E-state index in [1.54, 1.807) is 30.6 Å². The van der Waals surface area contributed by atoms with Crippen molar-refractivity contribution in [1.82, 2.24) is 19.7 Å². The number of hydrogen-bond acceptors (Lipinski definition) is 6. The summed E-state index contributed by atoms with van der Waals surface area (Å²) in [5, 5.41) is 6.10. The molecule has 0 bridgehead atoms. The van der Waals surface area contributed by atoms with Crippen molar-refractivity contribution in [3.8, 4) is 11.1 Å². The SMILES string of the molecule is CS(=O)(=O)Nc1ccc2ccc3ncc(-c4cnn(CCN5CCCC5)c4)cc3c(=O)c2c1. The Morgan fingerprint density at radius 1 is 0.970 bits per heavy atom. The van der Waals surface area contributed by atoms with Crippen molar-refractivity contribution in [2.45, 2.75) is 19.4 Å². The number of benzene rings is 1. The summed E-state index contributed by atoms with van der Waals surface area (Å²) in [5.74, 6) is 0. The van der Waals surface area contributed by atoms with Crippen LogP contribution >= 0.6 is 0 Å². The van der Waals surface area contributed by atoms with Crippen molar-refractivity contribution in [1.29, 1.82) is 0 Å². The summed E-state index contributed by atoms with van der Waals surface area (Å²) < 4.78 is 27.6. The van der Waals surface area contributed by atoms with Crippen LogP contribution in [0.4, 0.5) is 5.69 Å². The molecule has 0 atom stereocenters. The van der Waals surface area contributed by atoms with Crippen molar-refractivity contribution in [3.63, 3.8) is 0 Å². The van der Waals surface area contributed by atoms with Crippen LogP contribution in [-0.4, -0.2) is 54.0 Å². The first kappa shape index (κ1) is 21.5. The van der Waals surface area contributed by atoms with Crippen molar-refractivity contribution in [2.24, 2.45) is 0 Å². The maximum absolute atomic E-state index is 13.4. The summed E-state index contributed by atoms with van der Waals surface area (Å²) in [7, 11) is -3.45. The van der Waals surface area contributed by atoms with Gasteiger partial charge in [0.05, 0.1) is 24.5 Å². The second-order valence-electron chi connectivity index (χ2n) is 8.54. The maximum atomic E-state index is 13.4. The molecule has 33 heavy (non-hydrogen) atoms. The van der Waals surface area contributed by atoms with Gasteiger partial charge in [-0.25, -0.2) is 8.42 Å². The first-order valence-electron chi connectivity index (χ1n) is 11.0. The van der Waals surface area contributed by atoms with Crippen LogP contribution in [0.2, 0.25) is 0 Å². The standard InChI is InChI=1S/C24H25N5O3S/c1-33(31,32)27-20-6-4-17-5-7-23-22(24(30)21(17)13-20)12-18(14-25-23)19-15-26-29(16-19)11-10-28-8-2-3-9-28/h4-7,12-16,27H,2-3,8-11H2,1H3. The molecule has 1 aliphatic heterocycles. The van der Waals surface area contributed by atoms with Gasteiger partial charge in [0.25, 0.3) is 0 Å². The van der Waals surface area contributed by atoms with Crippen molar-refractivity contribution < 1.29 is 8.42 Å². The second-order valence-corrected chi connectivity index (χ2v) is 10.3. The van der Waals surface area contributed by atoms with Gasteiger partial charge in [-0.3, -0.25) is 19.2 Å². The zero-order chi connectivity index (χ0) is 23.0. The number of rotatable bonds is 6. The van der Waals surface area contributed by atoms with Crippen LogP contribution in [0, 0.1) is 0 Å². The van der Waals surface area contributed by atoms with Crippen LogP contribution in [0.3, 0.4) is 0 Å². The lowest BCUT2D eigenvalue weighted by atomic mass is 10.1. The Kier molecular flexibility index (Phi) is 5.59. The Labute approximate surface area is 191 Å². The predicted octanol–water partition coefficient (Wildman–Crippen LogP) is 3.08. The molecule has 8 nitrogen and oxygen atoms in total. The number of anilines is 1. The average Bonchev–Trinajstić information content (AvgIpc) is 3.45. The second kappa shape index (κ2) is 8.57. The van der Waals surface area contributed by atoms with Gasteiger partial charge in [-0.2, -0.15) is 5.10 Å². The summed E-state index contributed by atoms with van der Waals surface area (Å²) in [6.07, 6.45) is 9.15. The van der Waals surface area contributed by atoms with Crippen LogP contribution in [0.15, 0.2) is 59.8 Å². The molecule has 1 aliphatic rings. The quantitative estimate of drug-likeness (QED) is 0.472. The predicted molar refractivity (Wildman–Crippen MR) is 131 cm³/mol.